The van der Waals surface area contributed by atoms with Crippen LogP contribution in [-0.2, 0) is 6.42 Å². The maximum absolute atomic E-state index is 5.73. The van der Waals surface area contributed by atoms with E-state index in [1.54, 1.807) is 25.6 Å². The number of hydrogen-bond acceptors (Lipinski definition) is 5. The van der Waals surface area contributed by atoms with Gasteiger partial charge in [0, 0.05) is 18.4 Å². The first-order valence-electron chi connectivity index (χ1n) is 6.16. The molecule has 1 atom stereocenters. The van der Waals surface area contributed by atoms with Crippen molar-refractivity contribution in [3.8, 4) is 17.5 Å². The highest BCUT2D eigenvalue weighted by molar-refractivity contribution is 9.10. The van der Waals surface area contributed by atoms with Crippen molar-refractivity contribution in [3.05, 3.63) is 40.6 Å². The normalized spacial score (nSPS) is 12.0. The lowest BCUT2D eigenvalue weighted by Gasteiger charge is -2.08. The molecule has 106 valence electrons. The van der Waals surface area contributed by atoms with Crippen molar-refractivity contribution in [2.75, 3.05) is 7.11 Å². The summed E-state index contributed by atoms with van der Waals surface area (Å²) in [6.07, 6.45) is 4.19. The fourth-order valence-electron chi connectivity index (χ4n) is 1.66. The Morgan fingerprint density at radius 1 is 1.30 bits per heavy atom. The van der Waals surface area contributed by atoms with Crippen LogP contribution >= 0.6 is 15.9 Å². The van der Waals surface area contributed by atoms with E-state index < -0.39 is 0 Å². The van der Waals surface area contributed by atoms with Gasteiger partial charge < -0.3 is 15.2 Å². The van der Waals surface area contributed by atoms with Gasteiger partial charge in [-0.3, -0.25) is 0 Å². The van der Waals surface area contributed by atoms with Crippen LogP contribution in [-0.4, -0.2) is 23.1 Å². The molecule has 2 N–H and O–H groups in total. The van der Waals surface area contributed by atoms with Crippen molar-refractivity contribution < 1.29 is 9.47 Å². The third-order valence-corrected chi connectivity index (χ3v) is 3.20. The van der Waals surface area contributed by atoms with Crippen LogP contribution in [0, 0.1) is 0 Å². The molecule has 20 heavy (non-hydrogen) atoms. The lowest BCUT2D eigenvalue weighted by atomic mass is 10.1. The van der Waals surface area contributed by atoms with Crippen molar-refractivity contribution >= 4 is 15.9 Å². The van der Waals surface area contributed by atoms with Crippen LogP contribution in [0.2, 0.25) is 0 Å². The maximum Gasteiger partial charge on any atom is 0.321 e. The second kappa shape index (κ2) is 6.67. The van der Waals surface area contributed by atoms with Gasteiger partial charge in [0.2, 0.25) is 0 Å². The lowest BCUT2D eigenvalue weighted by Crippen LogP contribution is -2.17. The van der Waals surface area contributed by atoms with Crippen molar-refractivity contribution in [2.45, 2.75) is 19.4 Å². The van der Waals surface area contributed by atoms with E-state index in [1.807, 2.05) is 19.1 Å². The largest absolute Gasteiger partial charge is 0.497 e. The molecule has 1 aromatic heterocycles. The fourth-order valence-corrected chi connectivity index (χ4v) is 2.10. The second-order valence-corrected chi connectivity index (χ2v) is 5.31. The Balaban J connectivity index is 2.10. The van der Waals surface area contributed by atoms with Gasteiger partial charge in [0.05, 0.1) is 11.6 Å². The number of rotatable bonds is 5. The lowest BCUT2D eigenvalue weighted by molar-refractivity contribution is 0.409. The molecule has 0 fully saturated rings. The summed E-state index contributed by atoms with van der Waals surface area (Å²) in [5, 5.41) is 0. The fraction of sp³-hybridized carbons (Fsp3) is 0.286. The first-order chi connectivity index (χ1) is 9.58. The van der Waals surface area contributed by atoms with E-state index in [-0.39, 0.29) is 6.04 Å². The first kappa shape index (κ1) is 14.7. The van der Waals surface area contributed by atoms with Crippen LogP contribution in [0.4, 0.5) is 0 Å². The SMILES string of the molecule is COc1ccc(Oc2ncc(CC(C)N)cn2)c(Br)c1. The summed E-state index contributed by atoms with van der Waals surface area (Å²) >= 11 is 3.42. The van der Waals surface area contributed by atoms with Gasteiger partial charge in [0.1, 0.15) is 11.5 Å². The molecule has 2 aromatic rings. The number of hydrogen-bond donors (Lipinski definition) is 1. The highest BCUT2D eigenvalue weighted by Gasteiger charge is 2.07. The Bertz CT molecular complexity index is 573. The summed E-state index contributed by atoms with van der Waals surface area (Å²) in [5.41, 5.74) is 6.72. The quantitative estimate of drug-likeness (QED) is 0.908. The van der Waals surface area contributed by atoms with Crippen molar-refractivity contribution in [2.24, 2.45) is 5.73 Å². The van der Waals surface area contributed by atoms with Crippen LogP contribution in [0.1, 0.15) is 12.5 Å². The molecule has 0 saturated carbocycles. The molecule has 5 nitrogen and oxygen atoms in total. The van der Waals surface area contributed by atoms with Gasteiger partial charge in [-0.15, -0.1) is 0 Å². The first-order valence-corrected chi connectivity index (χ1v) is 6.95. The summed E-state index contributed by atoms with van der Waals surface area (Å²) in [5.74, 6) is 1.38. The Morgan fingerprint density at radius 2 is 2.00 bits per heavy atom. The van der Waals surface area contributed by atoms with E-state index >= 15 is 0 Å². The van der Waals surface area contributed by atoms with Gasteiger partial charge in [-0.25, -0.2) is 9.97 Å². The third-order valence-electron chi connectivity index (χ3n) is 2.58. The van der Waals surface area contributed by atoms with Crippen LogP contribution < -0.4 is 15.2 Å². The summed E-state index contributed by atoms with van der Waals surface area (Å²) in [6.45, 7) is 1.94. The summed E-state index contributed by atoms with van der Waals surface area (Å²) in [4.78, 5) is 8.34. The molecule has 1 unspecified atom stereocenters. The molecule has 0 aliphatic heterocycles. The minimum absolute atomic E-state index is 0.0844. The number of nitrogens with zero attached hydrogens (tertiary/aromatic N) is 2. The van der Waals surface area contributed by atoms with E-state index in [0.29, 0.717) is 11.8 Å². The Labute approximate surface area is 126 Å². The van der Waals surface area contributed by atoms with E-state index in [0.717, 1.165) is 22.2 Å². The van der Waals surface area contributed by atoms with Crippen LogP contribution in [0.5, 0.6) is 17.5 Å². The molecule has 2 rings (SSSR count). The van der Waals surface area contributed by atoms with Crippen molar-refractivity contribution in [3.63, 3.8) is 0 Å². The molecule has 0 spiro atoms. The van der Waals surface area contributed by atoms with Gasteiger partial charge in [-0.1, -0.05) is 0 Å². The minimum atomic E-state index is 0.0844. The smallest absolute Gasteiger partial charge is 0.321 e. The number of methoxy groups -OCH3 is 1. The average Bonchev–Trinajstić information content (AvgIpc) is 2.42. The Kier molecular flexibility index (Phi) is 4.92. The van der Waals surface area contributed by atoms with Crippen molar-refractivity contribution in [1.29, 1.82) is 0 Å². The average molecular weight is 338 g/mol. The number of halogens is 1. The number of aromatic nitrogens is 2. The molecule has 0 amide bonds. The molecule has 1 aromatic carbocycles. The number of ether oxygens (including phenoxy) is 2. The molecule has 0 aliphatic rings. The summed E-state index contributed by atoms with van der Waals surface area (Å²) < 4.78 is 11.5. The zero-order chi connectivity index (χ0) is 14.5. The summed E-state index contributed by atoms with van der Waals surface area (Å²) in [6, 6.07) is 5.80. The molecule has 0 saturated heterocycles. The van der Waals surface area contributed by atoms with E-state index in [2.05, 4.69) is 25.9 Å². The van der Waals surface area contributed by atoms with Gasteiger partial charge in [0.25, 0.3) is 0 Å². The standard InChI is InChI=1S/C14H16BrN3O2/c1-9(16)5-10-7-17-14(18-8-10)20-13-4-3-11(19-2)6-12(13)15/h3-4,6-9H,5,16H2,1-2H3. The van der Waals surface area contributed by atoms with Crippen LogP contribution in [0.3, 0.4) is 0 Å². The monoisotopic (exact) mass is 337 g/mol. The third kappa shape index (κ3) is 3.91. The number of nitrogens with two attached hydrogens (primary N) is 1. The van der Waals surface area contributed by atoms with E-state index in [1.165, 1.54) is 0 Å². The molecule has 0 radical (unpaired) electrons. The molecule has 0 aliphatic carbocycles. The second-order valence-electron chi connectivity index (χ2n) is 4.45. The van der Waals surface area contributed by atoms with Crippen molar-refractivity contribution in [1.82, 2.24) is 9.97 Å². The Morgan fingerprint density at radius 3 is 2.55 bits per heavy atom. The van der Waals surface area contributed by atoms with Crippen LogP contribution in [0.15, 0.2) is 35.1 Å². The van der Waals surface area contributed by atoms with E-state index in [4.69, 9.17) is 15.2 Å². The molecule has 6 heteroatoms. The molecule has 1 heterocycles. The van der Waals surface area contributed by atoms with Crippen LogP contribution in [0.25, 0.3) is 0 Å². The zero-order valence-electron chi connectivity index (χ0n) is 11.3. The number of benzene rings is 1. The van der Waals surface area contributed by atoms with Gasteiger partial charge in [0.15, 0.2) is 0 Å². The minimum Gasteiger partial charge on any atom is -0.497 e. The highest BCUT2D eigenvalue weighted by Crippen LogP contribution is 2.31. The van der Waals surface area contributed by atoms with Gasteiger partial charge in [-0.2, -0.15) is 0 Å². The van der Waals surface area contributed by atoms with E-state index in [9.17, 15) is 0 Å². The van der Waals surface area contributed by atoms with Gasteiger partial charge in [-0.05, 0) is 53.0 Å². The highest BCUT2D eigenvalue weighted by atomic mass is 79.9. The molecular weight excluding hydrogens is 322 g/mol. The predicted octanol–water partition coefficient (Wildman–Crippen LogP) is 2.93. The Hall–Kier alpha value is -1.66. The molecular formula is C14H16BrN3O2. The predicted molar refractivity (Wildman–Crippen MR) is 80.2 cm³/mol. The summed E-state index contributed by atoms with van der Waals surface area (Å²) in [7, 11) is 1.61. The topological polar surface area (TPSA) is 70.3 Å². The zero-order valence-corrected chi connectivity index (χ0v) is 12.9. The maximum atomic E-state index is 5.73. The molecule has 0 bridgehead atoms. The van der Waals surface area contributed by atoms with Gasteiger partial charge >= 0.3 is 6.01 Å².